The summed E-state index contributed by atoms with van der Waals surface area (Å²) in [5.74, 6) is 1.73. The molecule has 92 valence electrons. The summed E-state index contributed by atoms with van der Waals surface area (Å²) < 4.78 is 0. The fourth-order valence-corrected chi connectivity index (χ4v) is 2.65. The van der Waals surface area contributed by atoms with Crippen LogP contribution in [0.2, 0.25) is 0 Å². The van der Waals surface area contributed by atoms with Gasteiger partial charge in [0.2, 0.25) is 0 Å². The molecule has 0 aromatic carbocycles. The molecule has 0 nitrogen and oxygen atoms in total. The predicted octanol–water partition coefficient (Wildman–Crippen LogP) is 5.67. The Bertz CT molecular complexity index is 148. The Kier molecular flexibility index (Phi) is 7.30. The maximum absolute atomic E-state index is 2.49. The Morgan fingerprint density at radius 1 is 1.00 bits per heavy atom. The maximum atomic E-state index is 2.49. The van der Waals surface area contributed by atoms with E-state index in [9.17, 15) is 0 Å². The molecule has 0 rings (SSSR count). The van der Waals surface area contributed by atoms with Crippen molar-refractivity contribution in [2.45, 2.75) is 80.1 Å². The summed E-state index contributed by atoms with van der Waals surface area (Å²) in [4.78, 5) is 0. The van der Waals surface area contributed by atoms with Crippen LogP contribution in [0.25, 0.3) is 0 Å². The van der Waals surface area contributed by atoms with Crippen LogP contribution in [0.4, 0.5) is 0 Å². The molecule has 0 aromatic rings. The molecule has 0 aliphatic heterocycles. The molecule has 0 saturated heterocycles. The molecule has 2 unspecified atom stereocenters. The van der Waals surface area contributed by atoms with Gasteiger partial charge in [-0.05, 0) is 30.1 Å². The van der Waals surface area contributed by atoms with Crippen LogP contribution in [0, 0.1) is 17.3 Å². The third kappa shape index (κ3) is 5.58. The summed E-state index contributed by atoms with van der Waals surface area (Å²) in [6.45, 7) is 14.3. The molecule has 0 radical (unpaired) electrons. The van der Waals surface area contributed by atoms with Crippen LogP contribution in [0.15, 0.2) is 0 Å². The van der Waals surface area contributed by atoms with Crippen molar-refractivity contribution < 1.29 is 0 Å². The van der Waals surface area contributed by atoms with Gasteiger partial charge >= 0.3 is 0 Å². The first-order valence-corrected chi connectivity index (χ1v) is 6.96. The lowest BCUT2D eigenvalue weighted by Crippen LogP contribution is -2.26. The van der Waals surface area contributed by atoms with Gasteiger partial charge in [-0.3, -0.25) is 0 Å². The zero-order valence-corrected chi connectivity index (χ0v) is 11.9. The Labute approximate surface area is 97.8 Å². The molecule has 0 saturated carbocycles. The van der Waals surface area contributed by atoms with Crippen LogP contribution in [-0.4, -0.2) is 0 Å². The van der Waals surface area contributed by atoms with Gasteiger partial charge in [-0.15, -0.1) is 0 Å². The van der Waals surface area contributed by atoms with E-state index in [0.29, 0.717) is 5.41 Å². The maximum Gasteiger partial charge on any atom is -0.0300 e. The van der Waals surface area contributed by atoms with Gasteiger partial charge in [0, 0.05) is 0 Å². The molecule has 15 heavy (non-hydrogen) atoms. The van der Waals surface area contributed by atoms with E-state index in [1.165, 1.54) is 38.5 Å². The highest BCUT2D eigenvalue weighted by atomic mass is 14.3. The molecule has 0 aliphatic carbocycles. The quantitative estimate of drug-likeness (QED) is 0.486. The van der Waals surface area contributed by atoms with E-state index >= 15 is 0 Å². The molecule has 0 amide bonds. The van der Waals surface area contributed by atoms with E-state index in [0.717, 1.165) is 11.8 Å². The highest BCUT2D eigenvalue weighted by Gasteiger charge is 2.28. The second kappa shape index (κ2) is 7.30. The molecule has 0 spiro atoms. The Hall–Kier alpha value is 0. The summed E-state index contributed by atoms with van der Waals surface area (Å²) in [6, 6.07) is 0. The number of rotatable bonds is 8. The fraction of sp³-hybridized carbons (Fsp3) is 1.00. The zero-order chi connectivity index (χ0) is 11.9. The molecular formula is C15H32. The lowest BCUT2D eigenvalue weighted by atomic mass is 9.69. The lowest BCUT2D eigenvalue weighted by molar-refractivity contribution is 0.146. The van der Waals surface area contributed by atoms with Gasteiger partial charge < -0.3 is 0 Å². The topological polar surface area (TPSA) is 0 Å². The molecule has 0 aromatic heterocycles. The summed E-state index contributed by atoms with van der Waals surface area (Å²) in [7, 11) is 0. The van der Waals surface area contributed by atoms with Crippen molar-refractivity contribution in [2.75, 3.05) is 0 Å². The Morgan fingerprint density at radius 3 is 2.00 bits per heavy atom. The standard InChI is InChI=1S/C15H32/c1-7-9-10-14(5)12-15(6,11-8-2)13(3)4/h13-14H,7-12H2,1-6H3. The first kappa shape index (κ1) is 15.0. The van der Waals surface area contributed by atoms with Crippen LogP contribution >= 0.6 is 0 Å². The minimum atomic E-state index is 0.571. The number of hydrogen-bond acceptors (Lipinski definition) is 0. The van der Waals surface area contributed by atoms with Crippen LogP contribution in [-0.2, 0) is 0 Å². The van der Waals surface area contributed by atoms with Gasteiger partial charge in [-0.2, -0.15) is 0 Å². The van der Waals surface area contributed by atoms with Crippen LogP contribution in [0.1, 0.15) is 80.1 Å². The van der Waals surface area contributed by atoms with Crippen molar-refractivity contribution in [3.63, 3.8) is 0 Å². The van der Waals surface area contributed by atoms with Gasteiger partial charge in [-0.25, -0.2) is 0 Å². The van der Waals surface area contributed by atoms with E-state index in [-0.39, 0.29) is 0 Å². The van der Waals surface area contributed by atoms with Crippen molar-refractivity contribution in [3.05, 3.63) is 0 Å². The van der Waals surface area contributed by atoms with Gasteiger partial charge in [-0.1, -0.05) is 67.2 Å². The second-order valence-electron chi connectivity index (χ2n) is 6.01. The molecule has 0 bridgehead atoms. The van der Waals surface area contributed by atoms with Crippen molar-refractivity contribution in [3.8, 4) is 0 Å². The van der Waals surface area contributed by atoms with E-state index in [1.807, 2.05) is 0 Å². The largest absolute Gasteiger partial charge is 0.0654 e. The predicted molar refractivity (Wildman–Crippen MR) is 71.2 cm³/mol. The van der Waals surface area contributed by atoms with E-state index in [4.69, 9.17) is 0 Å². The molecule has 2 atom stereocenters. The van der Waals surface area contributed by atoms with E-state index < -0.39 is 0 Å². The van der Waals surface area contributed by atoms with Gasteiger partial charge in [0.05, 0.1) is 0 Å². The third-order valence-corrected chi connectivity index (χ3v) is 4.08. The minimum absolute atomic E-state index is 0.571. The van der Waals surface area contributed by atoms with Gasteiger partial charge in [0.25, 0.3) is 0 Å². The summed E-state index contributed by atoms with van der Waals surface area (Å²) in [5.41, 5.74) is 0.571. The van der Waals surface area contributed by atoms with Crippen LogP contribution in [0.5, 0.6) is 0 Å². The summed E-state index contributed by atoms with van der Waals surface area (Å²) in [5, 5.41) is 0. The molecule has 0 heteroatoms. The van der Waals surface area contributed by atoms with Crippen molar-refractivity contribution in [1.29, 1.82) is 0 Å². The smallest absolute Gasteiger partial charge is 0.0300 e. The van der Waals surface area contributed by atoms with Crippen molar-refractivity contribution >= 4 is 0 Å². The highest BCUT2D eigenvalue weighted by molar-refractivity contribution is 4.79. The summed E-state index contributed by atoms with van der Waals surface area (Å²) in [6.07, 6.45) is 8.30. The Morgan fingerprint density at radius 2 is 1.60 bits per heavy atom. The average Bonchev–Trinajstić information content (AvgIpc) is 2.14. The SMILES string of the molecule is CCCCC(C)CC(C)(CCC)C(C)C. The monoisotopic (exact) mass is 212 g/mol. The van der Waals surface area contributed by atoms with Crippen molar-refractivity contribution in [1.82, 2.24) is 0 Å². The van der Waals surface area contributed by atoms with E-state index in [2.05, 4.69) is 41.5 Å². The second-order valence-corrected chi connectivity index (χ2v) is 6.01. The average molecular weight is 212 g/mol. The fourth-order valence-electron chi connectivity index (χ4n) is 2.65. The molecule has 0 fully saturated rings. The molecular weight excluding hydrogens is 180 g/mol. The molecule has 0 aliphatic rings. The number of hydrogen-bond donors (Lipinski definition) is 0. The number of unbranched alkanes of at least 4 members (excludes halogenated alkanes) is 1. The van der Waals surface area contributed by atoms with E-state index in [1.54, 1.807) is 0 Å². The Balaban J connectivity index is 4.15. The van der Waals surface area contributed by atoms with Crippen molar-refractivity contribution in [2.24, 2.45) is 17.3 Å². The van der Waals surface area contributed by atoms with Crippen LogP contribution < -0.4 is 0 Å². The van der Waals surface area contributed by atoms with Gasteiger partial charge in [0.15, 0.2) is 0 Å². The summed E-state index contributed by atoms with van der Waals surface area (Å²) >= 11 is 0. The first-order chi connectivity index (χ1) is 6.96. The normalized spacial score (nSPS) is 17.8. The highest BCUT2D eigenvalue weighted by Crippen LogP contribution is 2.39. The lowest BCUT2D eigenvalue weighted by Gasteiger charge is -2.36. The van der Waals surface area contributed by atoms with Crippen LogP contribution in [0.3, 0.4) is 0 Å². The molecule has 0 N–H and O–H groups in total. The third-order valence-electron chi connectivity index (χ3n) is 4.08. The molecule has 0 heterocycles. The minimum Gasteiger partial charge on any atom is -0.0654 e. The van der Waals surface area contributed by atoms with Gasteiger partial charge in [0.1, 0.15) is 0 Å². The zero-order valence-electron chi connectivity index (χ0n) is 11.9. The first-order valence-electron chi connectivity index (χ1n) is 6.96.